The van der Waals surface area contributed by atoms with Gasteiger partial charge in [-0.1, -0.05) is 0 Å². The first-order chi connectivity index (χ1) is 5.62. The molecule has 0 aromatic carbocycles. The summed E-state index contributed by atoms with van der Waals surface area (Å²) in [6, 6.07) is 0. The maximum Gasteiger partial charge on any atom is 0.0190 e. The average Bonchev–Trinajstić information content (AvgIpc) is 2.03. The zero-order valence-electron chi connectivity index (χ0n) is 8.27. The van der Waals surface area contributed by atoms with E-state index in [0.29, 0.717) is 0 Å². The predicted molar refractivity (Wildman–Crippen MR) is 52.2 cm³/mol. The Morgan fingerprint density at radius 2 is 1.92 bits per heavy atom. The van der Waals surface area contributed by atoms with Crippen molar-refractivity contribution in [3.63, 3.8) is 0 Å². The summed E-state index contributed by atoms with van der Waals surface area (Å²) in [5.41, 5.74) is 6.35. The second kappa shape index (κ2) is 4.21. The summed E-state index contributed by atoms with van der Waals surface area (Å²) in [5, 5.41) is 3.33. The van der Waals surface area contributed by atoms with E-state index in [0.717, 1.165) is 38.9 Å². The predicted octanol–water partition coefficient (Wildman–Crippen LogP) is 0.0190. The molecule has 1 aliphatic heterocycles. The Hall–Kier alpha value is -0.120. The highest BCUT2D eigenvalue weighted by atomic mass is 15.1. The molecule has 0 spiro atoms. The highest BCUT2D eigenvalue weighted by Crippen LogP contribution is 2.18. The average molecular weight is 171 g/mol. The monoisotopic (exact) mass is 171 g/mol. The van der Waals surface area contributed by atoms with Gasteiger partial charge in [0.15, 0.2) is 0 Å². The fourth-order valence-corrected chi connectivity index (χ4v) is 1.62. The number of nitrogens with zero attached hydrogens (tertiary/aromatic N) is 1. The zero-order valence-corrected chi connectivity index (χ0v) is 8.27. The molecule has 1 fully saturated rings. The molecule has 0 saturated carbocycles. The number of hydrogen-bond donors (Lipinski definition) is 2. The van der Waals surface area contributed by atoms with Gasteiger partial charge in [-0.15, -0.1) is 0 Å². The minimum absolute atomic E-state index is 0.107. The molecule has 1 heterocycles. The molecule has 0 bridgehead atoms. The SMILES string of the molecule is CN(C)CCC1(N)CCNCC1. The lowest BCUT2D eigenvalue weighted by Gasteiger charge is -2.34. The van der Waals surface area contributed by atoms with Crippen LogP contribution in [0.25, 0.3) is 0 Å². The van der Waals surface area contributed by atoms with Crippen LogP contribution in [0.4, 0.5) is 0 Å². The first kappa shape index (κ1) is 9.96. The van der Waals surface area contributed by atoms with Crippen molar-refractivity contribution in [3.05, 3.63) is 0 Å². The van der Waals surface area contributed by atoms with E-state index in [1.54, 1.807) is 0 Å². The lowest BCUT2D eigenvalue weighted by molar-refractivity contribution is 0.256. The minimum Gasteiger partial charge on any atom is -0.325 e. The Kier molecular flexibility index (Phi) is 3.50. The highest BCUT2D eigenvalue weighted by molar-refractivity contribution is 4.89. The van der Waals surface area contributed by atoms with Crippen molar-refractivity contribution in [3.8, 4) is 0 Å². The topological polar surface area (TPSA) is 41.3 Å². The van der Waals surface area contributed by atoms with E-state index in [4.69, 9.17) is 5.73 Å². The van der Waals surface area contributed by atoms with Gasteiger partial charge in [0, 0.05) is 5.54 Å². The Balaban J connectivity index is 2.26. The minimum atomic E-state index is 0.107. The molecule has 0 aromatic rings. The first-order valence-corrected chi connectivity index (χ1v) is 4.77. The van der Waals surface area contributed by atoms with Gasteiger partial charge in [0.05, 0.1) is 0 Å². The van der Waals surface area contributed by atoms with Crippen molar-refractivity contribution in [1.29, 1.82) is 0 Å². The molecule has 12 heavy (non-hydrogen) atoms. The Bertz CT molecular complexity index is 128. The van der Waals surface area contributed by atoms with Crippen molar-refractivity contribution in [2.45, 2.75) is 24.8 Å². The van der Waals surface area contributed by atoms with E-state index in [1.165, 1.54) is 0 Å². The molecule has 0 radical (unpaired) electrons. The molecule has 1 saturated heterocycles. The third-order valence-corrected chi connectivity index (χ3v) is 2.66. The van der Waals surface area contributed by atoms with Crippen LogP contribution in [0.5, 0.6) is 0 Å². The summed E-state index contributed by atoms with van der Waals surface area (Å²) in [4.78, 5) is 2.21. The molecular weight excluding hydrogens is 150 g/mol. The smallest absolute Gasteiger partial charge is 0.0190 e. The van der Waals surface area contributed by atoms with Crippen molar-refractivity contribution in [2.75, 3.05) is 33.7 Å². The molecule has 1 rings (SSSR count). The van der Waals surface area contributed by atoms with Gasteiger partial charge in [-0.2, -0.15) is 0 Å². The molecule has 3 nitrogen and oxygen atoms in total. The molecular formula is C9H21N3. The van der Waals surface area contributed by atoms with Gasteiger partial charge in [0.1, 0.15) is 0 Å². The number of piperidine rings is 1. The van der Waals surface area contributed by atoms with E-state index in [9.17, 15) is 0 Å². The normalized spacial score (nSPS) is 23.0. The van der Waals surface area contributed by atoms with Crippen molar-refractivity contribution < 1.29 is 0 Å². The van der Waals surface area contributed by atoms with E-state index in [2.05, 4.69) is 24.3 Å². The molecule has 0 aliphatic carbocycles. The maximum atomic E-state index is 6.24. The van der Waals surface area contributed by atoms with E-state index >= 15 is 0 Å². The third-order valence-electron chi connectivity index (χ3n) is 2.66. The van der Waals surface area contributed by atoms with Gasteiger partial charge in [0.2, 0.25) is 0 Å². The summed E-state index contributed by atoms with van der Waals surface area (Å²) in [7, 11) is 4.20. The van der Waals surface area contributed by atoms with Crippen LogP contribution in [0.2, 0.25) is 0 Å². The Morgan fingerprint density at radius 1 is 1.33 bits per heavy atom. The fourth-order valence-electron chi connectivity index (χ4n) is 1.62. The Labute approximate surface area is 75.3 Å². The van der Waals surface area contributed by atoms with Crippen LogP contribution in [0.15, 0.2) is 0 Å². The third kappa shape index (κ3) is 3.09. The van der Waals surface area contributed by atoms with E-state index in [1.807, 2.05) is 0 Å². The van der Waals surface area contributed by atoms with Crippen LogP contribution >= 0.6 is 0 Å². The van der Waals surface area contributed by atoms with Crippen LogP contribution < -0.4 is 11.1 Å². The van der Waals surface area contributed by atoms with E-state index < -0.39 is 0 Å². The summed E-state index contributed by atoms with van der Waals surface area (Å²) in [6.45, 7) is 3.28. The summed E-state index contributed by atoms with van der Waals surface area (Å²) in [5.74, 6) is 0. The van der Waals surface area contributed by atoms with Crippen molar-refractivity contribution in [1.82, 2.24) is 10.2 Å². The number of nitrogens with one attached hydrogen (secondary N) is 1. The first-order valence-electron chi connectivity index (χ1n) is 4.77. The summed E-state index contributed by atoms with van der Waals surface area (Å²) >= 11 is 0. The largest absolute Gasteiger partial charge is 0.325 e. The highest BCUT2D eigenvalue weighted by Gasteiger charge is 2.26. The Morgan fingerprint density at radius 3 is 2.42 bits per heavy atom. The summed E-state index contributed by atoms with van der Waals surface area (Å²) < 4.78 is 0. The van der Waals surface area contributed by atoms with Crippen LogP contribution in [-0.4, -0.2) is 44.2 Å². The van der Waals surface area contributed by atoms with Gasteiger partial charge in [-0.25, -0.2) is 0 Å². The van der Waals surface area contributed by atoms with Crippen LogP contribution in [0.3, 0.4) is 0 Å². The molecule has 72 valence electrons. The molecule has 3 heteroatoms. The number of rotatable bonds is 3. The van der Waals surface area contributed by atoms with Crippen LogP contribution in [-0.2, 0) is 0 Å². The molecule has 1 aliphatic rings. The van der Waals surface area contributed by atoms with Gasteiger partial charge in [-0.05, 0) is 53.0 Å². The van der Waals surface area contributed by atoms with Crippen molar-refractivity contribution >= 4 is 0 Å². The zero-order chi connectivity index (χ0) is 9.03. The molecule has 3 N–H and O–H groups in total. The lowest BCUT2D eigenvalue weighted by atomic mass is 9.86. The number of nitrogens with two attached hydrogens (primary N) is 1. The molecule has 0 unspecified atom stereocenters. The van der Waals surface area contributed by atoms with Crippen LogP contribution in [0, 0.1) is 0 Å². The second-order valence-corrected chi connectivity index (χ2v) is 4.17. The second-order valence-electron chi connectivity index (χ2n) is 4.17. The maximum absolute atomic E-state index is 6.24. The van der Waals surface area contributed by atoms with Gasteiger partial charge in [-0.3, -0.25) is 0 Å². The van der Waals surface area contributed by atoms with Gasteiger partial charge >= 0.3 is 0 Å². The fraction of sp³-hybridized carbons (Fsp3) is 1.00. The van der Waals surface area contributed by atoms with Crippen LogP contribution in [0.1, 0.15) is 19.3 Å². The van der Waals surface area contributed by atoms with Gasteiger partial charge < -0.3 is 16.0 Å². The lowest BCUT2D eigenvalue weighted by Crippen LogP contribution is -2.50. The van der Waals surface area contributed by atoms with Crippen molar-refractivity contribution in [2.24, 2.45) is 5.73 Å². The number of hydrogen-bond acceptors (Lipinski definition) is 3. The summed E-state index contributed by atoms with van der Waals surface area (Å²) in [6.07, 6.45) is 3.38. The van der Waals surface area contributed by atoms with Gasteiger partial charge in [0.25, 0.3) is 0 Å². The molecule has 0 aromatic heterocycles. The molecule has 0 atom stereocenters. The van der Waals surface area contributed by atoms with E-state index in [-0.39, 0.29) is 5.54 Å². The molecule has 0 amide bonds. The standard InChI is InChI=1S/C9H21N3/c1-12(2)8-5-9(10)3-6-11-7-4-9/h11H,3-8,10H2,1-2H3. The quantitative estimate of drug-likeness (QED) is 0.629.